The monoisotopic (exact) mass is 233 g/mol. The van der Waals surface area contributed by atoms with Crippen molar-refractivity contribution in [1.29, 1.82) is 0 Å². The highest BCUT2D eigenvalue weighted by molar-refractivity contribution is 6.29. The van der Waals surface area contributed by atoms with Gasteiger partial charge in [0.1, 0.15) is 17.3 Å². The molecule has 0 unspecified atom stereocenters. The molecule has 0 spiro atoms. The number of aryl methyl sites for hydroxylation is 2. The van der Waals surface area contributed by atoms with Crippen LogP contribution in [0.4, 0.5) is 11.5 Å². The van der Waals surface area contributed by atoms with E-state index in [0.29, 0.717) is 11.0 Å². The summed E-state index contributed by atoms with van der Waals surface area (Å²) in [5.74, 6) is 0.703. The van der Waals surface area contributed by atoms with E-state index in [1.807, 2.05) is 6.92 Å². The summed E-state index contributed by atoms with van der Waals surface area (Å²) in [5.41, 5.74) is 3.41. The first kappa shape index (κ1) is 10.9. The highest BCUT2D eigenvalue weighted by Crippen LogP contribution is 2.21. The van der Waals surface area contributed by atoms with Crippen molar-refractivity contribution in [3.63, 3.8) is 0 Å². The first-order chi connectivity index (χ1) is 7.65. The second-order valence-electron chi connectivity index (χ2n) is 3.67. The molecule has 1 aromatic carbocycles. The van der Waals surface area contributed by atoms with Crippen LogP contribution in [0.15, 0.2) is 30.6 Å². The summed E-state index contributed by atoms with van der Waals surface area (Å²) in [4.78, 5) is 7.93. The summed E-state index contributed by atoms with van der Waals surface area (Å²) in [5, 5.41) is 3.65. The van der Waals surface area contributed by atoms with Crippen LogP contribution in [0.2, 0.25) is 5.15 Å². The van der Waals surface area contributed by atoms with E-state index in [1.165, 1.54) is 17.5 Å². The molecule has 0 saturated carbocycles. The van der Waals surface area contributed by atoms with Crippen molar-refractivity contribution in [2.24, 2.45) is 0 Å². The van der Waals surface area contributed by atoms with Crippen molar-refractivity contribution in [3.05, 3.63) is 46.9 Å². The van der Waals surface area contributed by atoms with Crippen LogP contribution >= 0.6 is 11.6 Å². The van der Waals surface area contributed by atoms with Gasteiger partial charge in [-0.1, -0.05) is 23.7 Å². The standard InChI is InChI=1S/C12H12ClN3/c1-8-3-4-9(2)10(5-8)16-12-6-11(13)14-7-15-12/h3-7H,1-2H3,(H,14,15,16). The number of aromatic nitrogens is 2. The summed E-state index contributed by atoms with van der Waals surface area (Å²) in [6, 6.07) is 7.92. The highest BCUT2D eigenvalue weighted by atomic mass is 35.5. The van der Waals surface area contributed by atoms with E-state index in [9.17, 15) is 0 Å². The maximum absolute atomic E-state index is 5.79. The molecule has 0 saturated heterocycles. The Labute approximate surface area is 99.5 Å². The molecule has 2 aromatic rings. The fourth-order valence-corrected chi connectivity index (χ4v) is 1.56. The number of nitrogens with one attached hydrogen (secondary N) is 1. The van der Waals surface area contributed by atoms with Crippen LogP contribution in [-0.4, -0.2) is 9.97 Å². The van der Waals surface area contributed by atoms with Gasteiger partial charge in [-0.05, 0) is 31.0 Å². The van der Waals surface area contributed by atoms with Gasteiger partial charge in [-0.2, -0.15) is 0 Å². The second-order valence-corrected chi connectivity index (χ2v) is 4.06. The smallest absolute Gasteiger partial charge is 0.135 e. The number of hydrogen-bond acceptors (Lipinski definition) is 3. The minimum atomic E-state index is 0.433. The van der Waals surface area contributed by atoms with E-state index in [-0.39, 0.29) is 0 Å². The summed E-state index contributed by atoms with van der Waals surface area (Å²) in [6.45, 7) is 4.10. The van der Waals surface area contributed by atoms with Gasteiger partial charge in [-0.3, -0.25) is 0 Å². The van der Waals surface area contributed by atoms with E-state index in [0.717, 1.165) is 5.69 Å². The summed E-state index contributed by atoms with van der Waals surface area (Å²) in [7, 11) is 0. The number of halogens is 1. The third-order valence-electron chi connectivity index (χ3n) is 2.29. The lowest BCUT2D eigenvalue weighted by Gasteiger charge is -2.09. The molecule has 1 N–H and O–H groups in total. The van der Waals surface area contributed by atoms with Crippen molar-refractivity contribution in [2.45, 2.75) is 13.8 Å². The second kappa shape index (κ2) is 4.49. The van der Waals surface area contributed by atoms with E-state index in [1.54, 1.807) is 6.07 Å². The van der Waals surface area contributed by atoms with Crippen molar-refractivity contribution in [2.75, 3.05) is 5.32 Å². The SMILES string of the molecule is Cc1ccc(C)c(Nc2cc(Cl)ncn2)c1. The van der Waals surface area contributed by atoms with Crippen LogP contribution in [0.3, 0.4) is 0 Å². The molecule has 4 heteroatoms. The Morgan fingerprint density at radius 3 is 2.69 bits per heavy atom. The van der Waals surface area contributed by atoms with Crippen LogP contribution in [0.25, 0.3) is 0 Å². The predicted octanol–water partition coefficient (Wildman–Crippen LogP) is 3.49. The predicted molar refractivity (Wildman–Crippen MR) is 66.2 cm³/mol. The summed E-state index contributed by atoms with van der Waals surface area (Å²) < 4.78 is 0. The lowest BCUT2D eigenvalue weighted by molar-refractivity contribution is 1.16. The Bertz CT molecular complexity index is 511. The van der Waals surface area contributed by atoms with Crippen LogP contribution in [0.1, 0.15) is 11.1 Å². The van der Waals surface area contributed by atoms with Gasteiger partial charge in [0, 0.05) is 11.8 Å². The van der Waals surface area contributed by atoms with Gasteiger partial charge in [0.15, 0.2) is 0 Å². The molecule has 1 heterocycles. The zero-order valence-corrected chi connectivity index (χ0v) is 9.92. The van der Waals surface area contributed by atoms with Crippen molar-refractivity contribution >= 4 is 23.1 Å². The molecule has 0 bridgehead atoms. The third kappa shape index (κ3) is 2.49. The molecular weight excluding hydrogens is 222 g/mol. The molecular formula is C12H12ClN3. The minimum absolute atomic E-state index is 0.433. The Hall–Kier alpha value is -1.61. The largest absolute Gasteiger partial charge is 0.340 e. The van der Waals surface area contributed by atoms with Gasteiger partial charge in [0.25, 0.3) is 0 Å². The highest BCUT2D eigenvalue weighted by Gasteiger charge is 2.01. The average molecular weight is 234 g/mol. The molecule has 1 aromatic heterocycles. The number of hydrogen-bond donors (Lipinski definition) is 1. The Morgan fingerprint density at radius 1 is 1.12 bits per heavy atom. The zero-order chi connectivity index (χ0) is 11.5. The van der Waals surface area contributed by atoms with E-state index >= 15 is 0 Å². The van der Waals surface area contributed by atoms with Crippen molar-refractivity contribution in [3.8, 4) is 0 Å². The van der Waals surface area contributed by atoms with Gasteiger partial charge in [-0.15, -0.1) is 0 Å². The summed E-state index contributed by atoms with van der Waals surface area (Å²) in [6.07, 6.45) is 1.44. The molecule has 3 nitrogen and oxygen atoms in total. The summed E-state index contributed by atoms with van der Waals surface area (Å²) >= 11 is 5.79. The Morgan fingerprint density at radius 2 is 1.94 bits per heavy atom. The van der Waals surface area contributed by atoms with E-state index < -0.39 is 0 Å². The van der Waals surface area contributed by atoms with E-state index in [2.05, 4.69) is 40.4 Å². The molecule has 0 aliphatic heterocycles. The number of rotatable bonds is 2. The van der Waals surface area contributed by atoms with Crippen LogP contribution < -0.4 is 5.32 Å². The van der Waals surface area contributed by atoms with Crippen molar-refractivity contribution < 1.29 is 0 Å². The van der Waals surface area contributed by atoms with Gasteiger partial charge < -0.3 is 5.32 Å². The van der Waals surface area contributed by atoms with Crippen molar-refractivity contribution in [1.82, 2.24) is 9.97 Å². The fourth-order valence-electron chi connectivity index (χ4n) is 1.41. The minimum Gasteiger partial charge on any atom is -0.340 e. The van der Waals surface area contributed by atoms with Gasteiger partial charge >= 0.3 is 0 Å². The van der Waals surface area contributed by atoms with Gasteiger partial charge in [-0.25, -0.2) is 9.97 Å². The first-order valence-electron chi connectivity index (χ1n) is 4.97. The number of nitrogens with zero attached hydrogens (tertiary/aromatic N) is 2. The molecule has 0 fully saturated rings. The lowest BCUT2D eigenvalue weighted by Crippen LogP contribution is -1.96. The average Bonchev–Trinajstić information content (AvgIpc) is 2.24. The fraction of sp³-hybridized carbons (Fsp3) is 0.167. The van der Waals surface area contributed by atoms with E-state index in [4.69, 9.17) is 11.6 Å². The molecule has 2 rings (SSSR count). The first-order valence-corrected chi connectivity index (χ1v) is 5.35. The Balaban J connectivity index is 2.30. The number of benzene rings is 1. The Kier molecular flexibility index (Phi) is 3.06. The maximum atomic E-state index is 5.79. The molecule has 0 aliphatic rings. The van der Waals surface area contributed by atoms with Gasteiger partial charge in [0.2, 0.25) is 0 Å². The third-order valence-corrected chi connectivity index (χ3v) is 2.50. The molecule has 0 aliphatic carbocycles. The molecule has 16 heavy (non-hydrogen) atoms. The quantitative estimate of drug-likeness (QED) is 0.807. The van der Waals surface area contributed by atoms with Gasteiger partial charge in [0.05, 0.1) is 0 Å². The molecule has 0 atom stereocenters. The van der Waals surface area contributed by atoms with Crippen LogP contribution in [0, 0.1) is 13.8 Å². The normalized spacial score (nSPS) is 10.2. The lowest BCUT2D eigenvalue weighted by atomic mass is 10.1. The molecule has 0 amide bonds. The zero-order valence-electron chi connectivity index (χ0n) is 9.16. The number of anilines is 2. The van der Waals surface area contributed by atoms with Crippen LogP contribution in [-0.2, 0) is 0 Å². The van der Waals surface area contributed by atoms with Crippen LogP contribution in [0.5, 0.6) is 0 Å². The maximum Gasteiger partial charge on any atom is 0.135 e. The molecule has 82 valence electrons. The molecule has 0 radical (unpaired) electrons. The topological polar surface area (TPSA) is 37.8 Å².